The predicted octanol–water partition coefficient (Wildman–Crippen LogP) is 7.51. The van der Waals surface area contributed by atoms with E-state index in [1.165, 1.54) is 6.07 Å². The van der Waals surface area contributed by atoms with Crippen LogP contribution in [-0.4, -0.2) is 69.6 Å². The first-order valence-corrected chi connectivity index (χ1v) is 18.1. The van der Waals surface area contributed by atoms with Crippen LogP contribution in [0.15, 0.2) is 98.1 Å². The molecule has 0 aliphatic carbocycles. The quantitative estimate of drug-likeness (QED) is 0.0719. The number of halogens is 1. The van der Waals surface area contributed by atoms with E-state index in [2.05, 4.69) is 29.1 Å². The van der Waals surface area contributed by atoms with Gasteiger partial charge in [-0.15, -0.1) is 13.2 Å². The van der Waals surface area contributed by atoms with Crippen LogP contribution in [0.2, 0.25) is 5.02 Å². The maximum absolute atomic E-state index is 13.9. The topological polar surface area (TPSA) is 148 Å². The third-order valence-corrected chi connectivity index (χ3v) is 8.09. The van der Waals surface area contributed by atoms with Gasteiger partial charge in [0.15, 0.2) is 0 Å². The van der Waals surface area contributed by atoms with Gasteiger partial charge < -0.3 is 25.4 Å². The zero-order chi connectivity index (χ0) is 40.5. The summed E-state index contributed by atoms with van der Waals surface area (Å²) in [6.45, 7) is 19.4. The number of carbonyl (C=O) groups is 5. The first-order valence-electron chi connectivity index (χ1n) is 17.7. The van der Waals surface area contributed by atoms with Crippen molar-refractivity contribution in [3.63, 3.8) is 0 Å². The fourth-order valence-electron chi connectivity index (χ4n) is 5.58. The molecule has 4 aromatic rings. The summed E-state index contributed by atoms with van der Waals surface area (Å²) in [5, 5.41) is 8.84. The molecule has 0 saturated heterocycles. The van der Waals surface area contributed by atoms with E-state index >= 15 is 0 Å². The minimum absolute atomic E-state index is 0.0557. The van der Waals surface area contributed by atoms with Crippen LogP contribution in [-0.2, 0) is 36.8 Å². The van der Waals surface area contributed by atoms with Gasteiger partial charge in [0.2, 0.25) is 5.91 Å². The molecule has 0 unspecified atom stereocenters. The number of carbonyl (C=O) groups excluding carboxylic acids is 5. The van der Waals surface area contributed by atoms with Crippen molar-refractivity contribution in [2.24, 2.45) is 0 Å². The number of esters is 1. The lowest BCUT2D eigenvalue weighted by Crippen LogP contribution is -2.49. The number of aromatic nitrogens is 1. The number of ether oxygens (including phenoxy) is 2. The summed E-state index contributed by atoms with van der Waals surface area (Å²) in [6, 6.07) is 19.0. The maximum atomic E-state index is 13.9. The number of hydrogen-bond donors (Lipinski definition) is 3. The summed E-state index contributed by atoms with van der Waals surface area (Å²) >= 11 is 6.26. The molecule has 0 bridgehead atoms. The molecule has 0 saturated carbocycles. The second-order valence-electron chi connectivity index (χ2n) is 14.9. The van der Waals surface area contributed by atoms with Gasteiger partial charge in [0.25, 0.3) is 0 Å². The second-order valence-corrected chi connectivity index (χ2v) is 15.3. The lowest BCUT2D eigenvalue weighted by atomic mass is 10.0. The molecule has 1 atom stereocenters. The van der Waals surface area contributed by atoms with Crippen molar-refractivity contribution in [3.8, 4) is 0 Å². The Balaban J connectivity index is 1.60. The fraction of sp³-hybridized carbons (Fsp3) is 0.310. The van der Waals surface area contributed by atoms with Gasteiger partial charge >= 0.3 is 23.9 Å². The normalized spacial score (nSPS) is 12.1. The van der Waals surface area contributed by atoms with Crippen molar-refractivity contribution >= 4 is 63.7 Å². The van der Waals surface area contributed by atoms with E-state index in [0.717, 1.165) is 10.1 Å². The van der Waals surface area contributed by atoms with Crippen LogP contribution in [0, 0.1) is 0 Å². The molecule has 13 heteroatoms. The first-order chi connectivity index (χ1) is 25.9. The van der Waals surface area contributed by atoms with Gasteiger partial charge in [0, 0.05) is 47.8 Å². The first kappa shape index (κ1) is 42.0. The summed E-state index contributed by atoms with van der Waals surface area (Å²) in [5.74, 6) is -3.38. The van der Waals surface area contributed by atoms with Gasteiger partial charge in [-0.05, 0) is 89.1 Å². The molecular weight excluding hydrogens is 722 g/mol. The highest BCUT2D eigenvalue weighted by Crippen LogP contribution is 2.27. The maximum Gasteiger partial charge on any atom is 0.419 e. The monoisotopic (exact) mass is 769 g/mol. The third kappa shape index (κ3) is 12.1. The number of hydrogen-bond acceptors (Lipinski definition) is 8. The van der Waals surface area contributed by atoms with Gasteiger partial charge in [0.05, 0.1) is 5.52 Å². The molecule has 0 fully saturated rings. The molecule has 3 amide bonds. The van der Waals surface area contributed by atoms with Crippen LogP contribution in [0.5, 0.6) is 0 Å². The van der Waals surface area contributed by atoms with E-state index in [9.17, 15) is 24.0 Å². The standard InChI is InChI=1S/C42H48ClN5O7/c1-9-20-47(21-10-2)26-28-16-17-30(43)25-32(28)45-37(50)38(51)46-33(22-27-14-12-11-13-15-27)36(49)44-31-18-19-34-29(23-31)24-35(39(52)54-41(3,4)5)48(34)40(53)55-42(6,7)8/h9-19,23-25,33H,1-2,20-22,26H2,3-8H3,(H,44,49)(H,45,50)(H,46,51)/t33-/m0/s1. The molecule has 0 spiro atoms. The van der Waals surface area contributed by atoms with Crippen molar-refractivity contribution in [2.45, 2.75) is 71.8 Å². The number of fused-ring (bicyclic) bond motifs is 1. The number of nitrogens with one attached hydrogen (secondary N) is 3. The number of nitrogens with zero attached hydrogens (tertiary/aromatic N) is 2. The largest absolute Gasteiger partial charge is 0.455 e. The number of rotatable bonds is 13. The highest BCUT2D eigenvalue weighted by Gasteiger charge is 2.29. The Kier molecular flexibility index (Phi) is 13.8. The summed E-state index contributed by atoms with van der Waals surface area (Å²) in [5.41, 5.74) is 0.683. The van der Waals surface area contributed by atoms with E-state index in [-0.39, 0.29) is 12.1 Å². The van der Waals surface area contributed by atoms with E-state index in [4.69, 9.17) is 21.1 Å². The fourth-order valence-corrected chi connectivity index (χ4v) is 5.75. The average molecular weight is 770 g/mol. The minimum Gasteiger partial charge on any atom is -0.455 e. The van der Waals surface area contributed by atoms with Crippen LogP contribution in [0.1, 0.15) is 63.2 Å². The minimum atomic E-state index is -1.19. The number of anilines is 2. The van der Waals surface area contributed by atoms with Crippen molar-refractivity contribution in [3.05, 3.63) is 120 Å². The van der Waals surface area contributed by atoms with Gasteiger partial charge in [-0.3, -0.25) is 19.3 Å². The zero-order valence-electron chi connectivity index (χ0n) is 32.0. The van der Waals surface area contributed by atoms with Crippen LogP contribution in [0.4, 0.5) is 16.2 Å². The van der Waals surface area contributed by atoms with Gasteiger partial charge in [0.1, 0.15) is 22.9 Å². The summed E-state index contributed by atoms with van der Waals surface area (Å²) < 4.78 is 12.3. The van der Waals surface area contributed by atoms with Crippen LogP contribution in [0.25, 0.3) is 10.9 Å². The van der Waals surface area contributed by atoms with E-state index in [1.54, 1.807) is 114 Å². The van der Waals surface area contributed by atoms with Crippen LogP contribution in [0.3, 0.4) is 0 Å². The van der Waals surface area contributed by atoms with Gasteiger partial charge in [-0.2, -0.15) is 0 Å². The van der Waals surface area contributed by atoms with Crippen molar-refractivity contribution in [1.82, 2.24) is 14.8 Å². The highest BCUT2D eigenvalue weighted by atomic mass is 35.5. The molecule has 12 nitrogen and oxygen atoms in total. The smallest absolute Gasteiger partial charge is 0.419 e. The SMILES string of the molecule is C=CCN(CC=C)Cc1ccc(Cl)cc1NC(=O)C(=O)N[C@@H](Cc1ccccc1)C(=O)Nc1ccc2c(c1)cc(C(=O)OC(C)(C)C)n2C(=O)OC(C)(C)C. The molecule has 1 heterocycles. The molecule has 3 N–H and O–H groups in total. The van der Waals surface area contributed by atoms with E-state index in [0.29, 0.717) is 52.5 Å². The average Bonchev–Trinajstić information content (AvgIpc) is 3.48. The molecule has 0 aliphatic heterocycles. The zero-order valence-corrected chi connectivity index (χ0v) is 32.8. The lowest BCUT2D eigenvalue weighted by molar-refractivity contribution is -0.137. The Bertz CT molecular complexity index is 2070. The van der Waals surface area contributed by atoms with Crippen molar-refractivity contribution in [1.29, 1.82) is 0 Å². The van der Waals surface area contributed by atoms with Crippen molar-refractivity contribution in [2.75, 3.05) is 23.7 Å². The highest BCUT2D eigenvalue weighted by molar-refractivity contribution is 6.40. The third-order valence-electron chi connectivity index (χ3n) is 7.85. The molecule has 0 aliphatic rings. The molecule has 3 aromatic carbocycles. The molecule has 0 radical (unpaired) electrons. The Morgan fingerprint density at radius 1 is 0.818 bits per heavy atom. The number of benzene rings is 3. The predicted molar refractivity (Wildman–Crippen MR) is 215 cm³/mol. The van der Waals surface area contributed by atoms with Gasteiger partial charge in [-0.1, -0.05) is 60.2 Å². The Morgan fingerprint density at radius 2 is 1.47 bits per heavy atom. The Morgan fingerprint density at radius 3 is 2.09 bits per heavy atom. The van der Waals surface area contributed by atoms with Crippen molar-refractivity contribution < 1.29 is 33.4 Å². The summed E-state index contributed by atoms with van der Waals surface area (Å²) in [7, 11) is 0. The molecule has 4 rings (SSSR count). The van der Waals surface area contributed by atoms with E-state index < -0.39 is 47.0 Å². The second kappa shape index (κ2) is 18.1. The molecule has 1 aromatic heterocycles. The molecule has 290 valence electrons. The molecule has 55 heavy (non-hydrogen) atoms. The lowest BCUT2D eigenvalue weighted by Gasteiger charge is -2.22. The van der Waals surface area contributed by atoms with Crippen LogP contribution < -0.4 is 16.0 Å². The van der Waals surface area contributed by atoms with Crippen LogP contribution >= 0.6 is 11.6 Å². The Hall–Kier alpha value is -5.72. The Labute approximate surface area is 326 Å². The molecular formula is C42H48ClN5O7. The number of amides is 3. The summed E-state index contributed by atoms with van der Waals surface area (Å²) in [6.07, 6.45) is 2.79. The summed E-state index contributed by atoms with van der Waals surface area (Å²) in [4.78, 5) is 69.2. The van der Waals surface area contributed by atoms with E-state index in [1.807, 2.05) is 11.0 Å². The van der Waals surface area contributed by atoms with Gasteiger partial charge in [-0.25, -0.2) is 14.2 Å².